The van der Waals surface area contributed by atoms with Crippen molar-refractivity contribution in [2.24, 2.45) is 23.7 Å². The van der Waals surface area contributed by atoms with Gasteiger partial charge >= 0.3 is 12.0 Å². The van der Waals surface area contributed by atoms with E-state index in [4.69, 9.17) is 0 Å². The third-order valence-electron chi connectivity index (χ3n) is 7.87. The first-order valence-electron chi connectivity index (χ1n) is 10.3. The number of amides is 2. The highest BCUT2D eigenvalue weighted by Crippen LogP contribution is 2.56. The Morgan fingerprint density at radius 1 is 1.15 bits per heavy atom. The third-order valence-corrected chi connectivity index (χ3v) is 8.41. The van der Waals surface area contributed by atoms with Gasteiger partial charge in [-0.3, -0.25) is 0 Å². The maximum atomic E-state index is 13.0. The summed E-state index contributed by atoms with van der Waals surface area (Å²) in [6, 6.07) is -0.0674. The maximum Gasteiger partial charge on any atom is 0.521 e. The molecule has 0 spiro atoms. The number of nitrogens with one attached hydrogen (secondary N) is 1. The third kappa shape index (κ3) is 2.83. The van der Waals surface area contributed by atoms with E-state index in [1.807, 2.05) is 6.92 Å². The monoisotopic (exact) mass is 381 g/mol. The average molecular weight is 382 g/mol. The first-order valence-corrected chi connectivity index (χ1v) is 11.0. The Kier molecular flexibility index (Phi) is 4.68. The van der Waals surface area contributed by atoms with E-state index in [1.165, 1.54) is 38.5 Å². The minimum Gasteiger partial charge on any atom is -0.435 e. The van der Waals surface area contributed by atoms with Gasteiger partial charge < -0.3 is 10.4 Å². The molecule has 2 N–H and O–H groups in total. The zero-order chi connectivity index (χ0) is 18.7. The van der Waals surface area contributed by atoms with Gasteiger partial charge in [0.2, 0.25) is 0 Å². The van der Waals surface area contributed by atoms with Gasteiger partial charge in [0.25, 0.3) is 0 Å². The molecular formula is C20H33N2O3S+. The lowest BCUT2D eigenvalue weighted by Crippen LogP contribution is -2.64. The van der Waals surface area contributed by atoms with Crippen molar-refractivity contribution in [2.45, 2.75) is 76.4 Å². The fourth-order valence-corrected chi connectivity index (χ4v) is 7.31. The fourth-order valence-electron chi connectivity index (χ4n) is 7.16. The average Bonchev–Trinajstić information content (AvgIpc) is 2.88. The molecule has 5 rings (SSSR count). The van der Waals surface area contributed by atoms with Gasteiger partial charge in [-0.15, -0.1) is 0 Å². The van der Waals surface area contributed by atoms with E-state index in [0.29, 0.717) is 12.3 Å². The smallest absolute Gasteiger partial charge is 0.435 e. The highest BCUT2D eigenvalue weighted by molar-refractivity contribution is 7.80. The van der Waals surface area contributed by atoms with E-state index in [0.717, 1.165) is 24.2 Å². The zero-order valence-corrected chi connectivity index (χ0v) is 16.9. The minimum absolute atomic E-state index is 0.119. The molecule has 1 heterocycles. The normalized spacial score (nSPS) is 47.9. The van der Waals surface area contributed by atoms with Crippen LogP contribution in [-0.2, 0) is 4.79 Å². The minimum atomic E-state index is -0.994. The molecule has 0 aromatic rings. The Morgan fingerprint density at radius 2 is 1.69 bits per heavy atom. The summed E-state index contributed by atoms with van der Waals surface area (Å²) < 4.78 is -0.425. The Morgan fingerprint density at radius 3 is 2.15 bits per heavy atom. The number of carbonyl (C=O) groups excluding carboxylic acids is 1. The molecule has 5 aliphatic rings. The van der Waals surface area contributed by atoms with Crippen LogP contribution in [0.5, 0.6) is 0 Å². The number of carbonyl (C=O) groups is 2. The predicted molar refractivity (Wildman–Crippen MR) is 103 cm³/mol. The van der Waals surface area contributed by atoms with E-state index in [9.17, 15) is 14.7 Å². The van der Waals surface area contributed by atoms with Crippen molar-refractivity contribution in [1.29, 1.82) is 0 Å². The van der Waals surface area contributed by atoms with Gasteiger partial charge in [0, 0.05) is 17.7 Å². The molecular weight excluding hydrogens is 348 g/mol. The molecule has 0 aromatic carbocycles. The summed E-state index contributed by atoms with van der Waals surface area (Å²) >= 11 is 4.23. The van der Waals surface area contributed by atoms with Crippen LogP contribution in [0.15, 0.2) is 0 Å². The largest absolute Gasteiger partial charge is 0.521 e. The summed E-state index contributed by atoms with van der Waals surface area (Å²) in [5, 5.41) is 13.9. The number of rotatable bonds is 4. The topological polar surface area (TPSA) is 66.4 Å². The Balaban J connectivity index is 1.53. The molecule has 4 saturated carbocycles. The molecule has 1 saturated heterocycles. The maximum absolute atomic E-state index is 13.0. The lowest BCUT2D eigenvalue weighted by Gasteiger charge is -2.57. The van der Waals surface area contributed by atoms with Gasteiger partial charge in [0.15, 0.2) is 0 Å². The quantitative estimate of drug-likeness (QED) is 0.516. The highest BCUT2D eigenvalue weighted by atomic mass is 32.1. The summed E-state index contributed by atoms with van der Waals surface area (Å²) in [6.07, 6.45) is 7.71. The number of nitrogens with zero attached hydrogens (tertiary/aromatic N) is 1. The van der Waals surface area contributed by atoms with Gasteiger partial charge in [0.05, 0.1) is 12.0 Å². The van der Waals surface area contributed by atoms with Crippen LogP contribution in [0.25, 0.3) is 0 Å². The van der Waals surface area contributed by atoms with Crippen LogP contribution in [0, 0.1) is 23.7 Å². The first-order chi connectivity index (χ1) is 12.3. The van der Waals surface area contributed by atoms with E-state index in [2.05, 4.69) is 17.9 Å². The van der Waals surface area contributed by atoms with E-state index in [1.54, 1.807) is 6.92 Å². The second kappa shape index (κ2) is 6.49. The number of carboxylic acid groups (broad SMARTS) is 1. The Bertz CT molecular complexity index is 575. The van der Waals surface area contributed by atoms with E-state index >= 15 is 0 Å². The molecule has 0 radical (unpaired) electrons. The molecule has 26 heavy (non-hydrogen) atoms. The van der Waals surface area contributed by atoms with Crippen molar-refractivity contribution in [3.8, 4) is 0 Å². The number of likely N-dealkylation sites (tertiary alicyclic amines) is 1. The van der Waals surface area contributed by atoms with Crippen molar-refractivity contribution < 1.29 is 19.2 Å². The summed E-state index contributed by atoms with van der Waals surface area (Å²) in [5.74, 6) is 2.45. The first kappa shape index (κ1) is 18.8. The second-order valence-electron chi connectivity index (χ2n) is 9.88. The van der Waals surface area contributed by atoms with Crippen LogP contribution in [0.2, 0.25) is 0 Å². The SMILES string of the molecule is CC(CS)C(=O)[N@+]1(C(=O)O)C[C@@H](NC23CC4CC(CC(C4)C2)C3)C[C@H]1C. The highest BCUT2D eigenvalue weighted by Gasteiger charge is 2.59. The van der Waals surface area contributed by atoms with E-state index in [-0.39, 0.29) is 29.4 Å². The summed E-state index contributed by atoms with van der Waals surface area (Å²) in [7, 11) is 0. The standard InChI is InChI=1S/C20H32N2O3S/c1-12(11-26)18(23)22(19(24)25)10-17(3-13(22)2)21-20-7-14-4-15(8-20)6-16(5-14)9-20/h12-17,21H,3-11H2,1-2H3,(H-,24,25,26)/p+1/t12?,13-,14?,15?,16?,17+,20?,22+/m1/s1. The van der Waals surface area contributed by atoms with Crippen molar-refractivity contribution in [3.05, 3.63) is 0 Å². The fraction of sp³-hybridized carbons (Fsp3) is 0.900. The number of hydrogen-bond acceptors (Lipinski definition) is 4. The van der Waals surface area contributed by atoms with Crippen molar-refractivity contribution in [2.75, 3.05) is 12.3 Å². The van der Waals surface area contributed by atoms with Crippen molar-refractivity contribution >= 4 is 24.6 Å². The van der Waals surface area contributed by atoms with Crippen LogP contribution in [-0.4, -0.2) is 51.5 Å². The lowest BCUT2D eigenvalue weighted by molar-refractivity contribution is -0.794. The van der Waals surface area contributed by atoms with Gasteiger partial charge in [-0.2, -0.15) is 21.9 Å². The zero-order valence-electron chi connectivity index (χ0n) is 16.0. The number of thiol groups is 1. The lowest BCUT2D eigenvalue weighted by atomic mass is 9.53. The Hall–Kier alpha value is -0.590. The van der Waals surface area contributed by atoms with Crippen molar-refractivity contribution in [3.63, 3.8) is 0 Å². The second-order valence-corrected chi connectivity index (χ2v) is 10.2. The van der Waals surface area contributed by atoms with Gasteiger partial charge in [0.1, 0.15) is 12.6 Å². The molecule has 0 aromatic heterocycles. The molecule has 6 heteroatoms. The van der Waals surface area contributed by atoms with Crippen molar-refractivity contribution in [1.82, 2.24) is 5.32 Å². The van der Waals surface area contributed by atoms with Crippen LogP contribution in [0.4, 0.5) is 4.79 Å². The molecule has 1 unspecified atom stereocenters. The van der Waals surface area contributed by atoms with Gasteiger partial charge in [-0.1, -0.05) is 0 Å². The number of imide groups is 1. The molecule has 4 atom stereocenters. The number of quaternary nitrogens is 1. The molecule has 5 fully saturated rings. The molecule has 146 valence electrons. The molecule has 2 amide bonds. The Labute approximate surface area is 161 Å². The summed E-state index contributed by atoms with van der Waals surface area (Å²) in [6.45, 7) is 4.11. The van der Waals surface area contributed by atoms with Crippen LogP contribution >= 0.6 is 12.6 Å². The molecule has 4 aliphatic carbocycles. The summed E-state index contributed by atoms with van der Waals surface area (Å²) in [5.41, 5.74) is 0.204. The number of hydrogen-bond donors (Lipinski definition) is 3. The van der Waals surface area contributed by atoms with Crippen LogP contribution in [0.1, 0.15) is 58.8 Å². The molecule has 5 nitrogen and oxygen atoms in total. The molecule has 4 bridgehead atoms. The molecule has 1 aliphatic heterocycles. The van der Waals surface area contributed by atoms with Crippen LogP contribution < -0.4 is 5.32 Å². The predicted octanol–water partition coefficient (Wildman–Crippen LogP) is 3.29. The van der Waals surface area contributed by atoms with E-state index < -0.39 is 10.6 Å². The van der Waals surface area contributed by atoms with Gasteiger partial charge in [-0.05, 0) is 70.1 Å². The van der Waals surface area contributed by atoms with Crippen LogP contribution in [0.3, 0.4) is 0 Å². The van der Waals surface area contributed by atoms with Gasteiger partial charge in [-0.25, -0.2) is 4.79 Å². The summed E-state index contributed by atoms with van der Waals surface area (Å²) in [4.78, 5) is 25.2.